The summed E-state index contributed by atoms with van der Waals surface area (Å²) in [6, 6.07) is 9.13. The molecular weight excluding hydrogens is 326 g/mol. The Labute approximate surface area is 144 Å². The summed E-state index contributed by atoms with van der Waals surface area (Å²) in [5.41, 5.74) is 8.08. The van der Waals surface area contributed by atoms with Gasteiger partial charge in [0.1, 0.15) is 0 Å². The number of amides is 2. The third-order valence-electron chi connectivity index (χ3n) is 3.91. The van der Waals surface area contributed by atoms with E-state index in [2.05, 4.69) is 16.3 Å². The number of hydrogen-bond donors (Lipinski definition) is 2. The van der Waals surface area contributed by atoms with Gasteiger partial charge >= 0.3 is 0 Å². The number of morpholine rings is 1. The van der Waals surface area contributed by atoms with Gasteiger partial charge in [-0.25, -0.2) is 0 Å². The van der Waals surface area contributed by atoms with E-state index in [0.717, 1.165) is 54.6 Å². The van der Waals surface area contributed by atoms with Gasteiger partial charge in [0.2, 0.25) is 0 Å². The zero-order chi connectivity index (χ0) is 17.1. The molecule has 3 rings (SSSR count). The summed E-state index contributed by atoms with van der Waals surface area (Å²) in [5, 5.41) is 2.89. The zero-order valence-corrected chi connectivity index (χ0v) is 14.2. The number of ether oxygens (including phenoxy) is 1. The standard InChI is InChI=1S/C17H19N3O3S/c1-11-10-12(20-6-8-23-9-7-20)2-3-13(11)19-17(22)15-5-4-14(24-15)16(18)21/h2-5,10H,6-9H2,1H3,(H2,18,21)(H,19,22). The first-order valence-corrected chi connectivity index (χ1v) is 8.50. The van der Waals surface area contributed by atoms with Crippen LogP contribution in [0.2, 0.25) is 0 Å². The van der Waals surface area contributed by atoms with E-state index < -0.39 is 5.91 Å². The van der Waals surface area contributed by atoms with Crippen LogP contribution in [-0.2, 0) is 4.74 Å². The van der Waals surface area contributed by atoms with Crippen LogP contribution in [0.1, 0.15) is 24.9 Å². The zero-order valence-electron chi connectivity index (χ0n) is 13.4. The normalized spacial score (nSPS) is 14.5. The lowest BCUT2D eigenvalue weighted by Crippen LogP contribution is -2.36. The topological polar surface area (TPSA) is 84.7 Å². The molecule has 1 fully saturated rings. The van der Waals surface area contributed by atoms with Crippen molar-refractivity contribution in [2.75, 3.05) is 36.5 Å². The highest BCUT2D eigenvalue weighted by atomic mass is 32.1. The second-order valence-electron chi connectivity index (χ2n) is 5.58. The molecule has 0 aliphatic carbocycles. The molecule has 7 heteroatoms. The lowest BCUT2D eigenvalue weighted by molar-refractivity contribution is 0.100. The van der Waals surface area contributed by atoms with Crippen molar-refractivity contribution in [2.45, 2.75) is 6.92 Å². The number of carbonyl (C=O) groups excluding carboxylic acids is 2. The molecule has 1 aliphatic heterocycles. The molecule has 2 aromatic rings. The average Bonchev–Trinajstić information content (AvgIpc) is 3.08. The fourth-order valence-corrected chi connectivity index (χ4v) is 3.34. The molecule has 2 heterocycles. The van der Waals surface area contributed by atoms with Crippen LogP contribution in [0.4, 0.5) is 11.4 Å². The van der Waals surface area contributed by atoms with Crippen molar-refractivity contribution in [3.8, 4) is 0 Å². The Balaban J connectivity index is 1.72. The Bertz CT molecular complexity index is 766. The molecule has 0 unspecified atom stereocenters. The minimum Gasteiger partial charge on any atom is -0.378 e. The Morgan fingerprint density at radius 1 is 1.17 bits per heavy atom. The summed E-state index contributed by atoms with van der Waals surface area (Å²) in [6.45, 7) is 5.17. The highest BCUT2D eigenvalue weighted by molar-refractivity contribution is 7.16. The predicted molar refractivity (Wildman–Crippen MR) is 95.0 cm³/mol. The molecule has 126 valence electrons. The molecule has 0 bridgehead atoms. The molecule has 24 heavy (non-hydrogen) atoms. The van der Waals surface area contributed by atoms with Crippen LogP contribution in [0.3, 0.4) is 0 Å². The molecule has 1 aliphatic rings. The number of benzene rings is 1. The fraction of sp³-hybridized carbons (Fsp3) is 0.294. The first-order valence-electron chi connectivity index (χ1n) is 7.69. The Hall–Kier alpha value is -2.38. The molecule has 2 amide bonds. The largest absolute Gasteiger partial charge is 0.378 e. The maximum absolute atomic E-state index is 12.3. The molecular formula is C17H19N3O3S. The van der Waals surface area contributed by atoms with Crippen LogP contribution in [0, 0.1) is 6.92 Å². The SMILES string of the molecule is Cc1cc(N2CCOCC2)ccc1NC(=O)c1ccc(C(N)=O)s1. The second kappa shape index (κ2) is 7.02. The smallest absolute Gasteiger partial charge is 0.265 e. The van der Waals surface area contributed by atoms with Gasteiger partial charge in [0.15, 0.2) is 0 Å². The summed E-state index contributed by atoms with van der Waals surface area (Å²) in [4.78, 5) is 26.5. The summed E-state index contributed by atoms with van der Waals surface area (Å²) in [5.74, 6) is -0.764. The molecule has 1 saturated heterocycles. The van der Waals surface area contributed by atoms with E-state index in [0.29, 0.717) is 9.75 Å². The van der Waals surface area contributed by atoms with E-state index in [4.69, 9.17) is 10.5 Å². The van der Waals surface area contributed by atoms with Gasteiger partial charge in [0.25, 0.3) is 11.8 Å². The number of carbonyl (C=O) groups is 2. The van der Waals surface area contributed by atoms with Crippen molar-refractivity contribution in [1.29, 1.82) is 0 Å². The number of aryl methyl sites for hydroxylation is 1. The fourth-order valence-electron chi connectivity index (χ4n) is 2.58. The first kappa shape index (κ1) is 16.5. The number of hydrogen-bond acceptors (Lipinski definition) is 5. The lowest BCUT2D eigenvalue weighted by Gasteiger charge is -2.29. The van der Waals surface area contributed by atoms with Gasteiger partial charge in [-0.05, 0) is 42.8 Å². The van der Waals surface area contributed by atoms with Crippen LogP contribution in [0.15, 0.2) is 30.3 Å². The third-order valence-corrected chi connectivity index (χ3v) is 5.01. The molecule has 0 radical (unpaired) electrons. The second-order valence-corrected chi connectivity index (χ2v) is 6.66. The maximum atomic E-state index is 12.3. The van der Waals surface area contributed by atoms with Crippen molar-refractivity contribution in [3.63, 3.8) is 0 Å². The van der Waals surface area contributed by atoms with Gasteiger partial charge in [-0.15, -0.1) is 11.3 Å². The molecule has 3 N–H and O–H groups in total. The molecule has 0 spiro atoms. The number of anilines is 2. The van der Waals surface area contributed by atoms with Crippen LogP contribution in [0.25, 0.3) is 0 Å². The van der Waals surface area contributed by atoms with Gasteiger partial charge in [0, 0.05) is 24.5 Å². The van der Waals surface area contributed by atoms with Crippen LogP contribution in [-0.4, -0.2) is 38.1 Å². The summed E-state index contributed by atoms with van der Waals surface area (Å²) >= 11 is 1.09. The van der Waals surface area contributed by atoms with E-state index in [1.54, 1.807) is 12.1 Å². The van der Waals surface area contributed by atoms with Gasteiger partial charge in [-0.3, -0.25) is 9.59 Å². The number of rotatable bonds is 4. The number of nitrogens with one attached hydrogen (secondary N) is 1. The molecule has 1 aromatic heterocycles. The van der Waals surface area contributed by atoms with Crippen molar-refractivity contribution in [1.82, 2.24) is 0 Å². The minimum absolute atomic E-state index is 0.241. The monoisotopic (exact) mass is 345 g/mol. The van der Waals surface area contributed by atoms with Gasteiger partial charge in [-0.2, -0.15) is 0 Å². The van der Waals surface area contributed by atoms with E-state index in [9.17, 15) is 9.59 Å². The van der Waals surface area contributed by atoms with Gasteiger partial charge in [0.05, 0.1) is 23.0 Å². The van der Waals surface area contributed by atoms with E-state index in [-0.39, 0.29) is 5.91 Å². The minimum atomic E-state index is -0.523. The number of thiophene rings is 1. The molecule has 0 saturated carbocycles. The number of nitrogens with two attached hydrogens (primary N) is 1. The van der Waals surface area contributed by atoms with Crippen LogP contribution < -0.4 is 16.0 Å². The Morgan fingerprint density at radius 3 is 2.50 bits per heavy atom. The molecule has 1 aromatic carbocycles. The average molecular weight is 345 g/mol. The van der Waals surface area contributed by atoms with Crippen molar-refractivity contribution in [2.24, 2.45) is 5.73 Å². The Kier molecular flexibility index (Phi) is 4.82. The molecule has 6 nitrogen and oxygen atoms in total. The lowest BCUT2D eigenvalue weighted by atomic mass is 10.1. The van der Waals surface area contributed by atoms with Crippen molar-refractivity contribution in [3.05, 3.63) is 45.6 Å². The molecule has 0 atom stereocenters. The van der Waals surface area contributed by atoms with E-state index in [1.165, 1.54) is 0 Å². The van der Waals surface area contributed by atoms with Crippen molar-refractivity contribution >= 4 is 34.5 Å². The van der Waals surface area contributed by atoms with Crippen molar-refractivity contribution < 1.29 is 14.3 Å². The van der Waals surface area contributed by atoms with E-state index in [1.807, 2.05) is 19.1 Å². The summed E-state index contributed by atoms with van der Waals surface area (Å²) in [6.07, 6.45) is 0. The van der Waals surface area contributed by atoms with E-state index >= 15 is 0 Å². The highest BCUT2D eigenvalue weighted by Crippen LogP contribution is 2.25. The predicted octanol–water partition coefficient (Wildman–Crippen LogP) is 2.24. The highest BCUT2D eigenvalue weighted by Gasteiger charge is 2.15. The number of nitrogens with zero attached hydrogens (tertiary/aromatic N) is 1. The maximum Gasteiger partial charge on any atom is 0.265 e. The van der Waals surface area contributed by atoms with Crippen LogP contribution in [0.5, 0.6) is 0 Å². The first-order chi connectivity index (χ1) is 11.5. The van der Waals surface area contributed by atoms with Gasteiger partial charge < -0.3 is 20.7 Å². The number of primary amides is 1. The van der Waals surface area contributed by atoms with Crippen LogP contribution >= 0.6 is 11.3 Å². The third kappa shape index (κ3) is 3.58. The quantitative estimate of drug-likeness (QED) is 0.890. The summed E-state index contributed by atoms with van der Waals surface area (Å²) < 4.78 is 5.37. The Morgan fingerprint density at radius 2 is 1.88 bits per heavy atom. The summed E-state index contributed by atoms with van der Waals surface area (Å²) in [7, 11) is 0. The van der Waals surface area contributed by atoms with Gasteiger partial charge in [-0.1, -0.05) is 0 Å².